The van der Waals surface area contributed by atoms with Crippen LogP contribution in [0.3, 0.4) is 0 Å². The van der Waals surface area contributed by atoms with Crippen LogP contribution in [0.15, 0.2) is 204 Å². The van der Waals surface area contributed by atoms with Crippen molar-refractivity contribution in [2.45, 2.75) is 0 Å². The topological polar surface area (TPSA) is 16.4 Å². The van der Waals surface area contributed by atoms with E-state index >= 15 is 0 Å². The summed E-state index contributed by atoms with van der Waals surface area (Å²) in [5, 5.41) is 2.78. The van der Waals surface area contributed by atoms with Crippen molar-refractivity contribution in [3.63, 3.8) is 0 Å². The van der Waals surface area contributed by atoms with E-state index in [-0.39, 0.29) is 74.7 Å². The number of hydrogen-bond acceptors (Lipinski definition) is 2. The van der Waals surface area contributed by atoms with Crippen LogP contribution in [-0.2, 0) is 0 Å². The number of fused-ring (bicyclic) bond motifs is 6. The van der Waals surface area contributed by atoms with Gasteiger partial charge in [-0.15, -0.1) is 0 Å². The molecule has 0 saturated carbocycles. The van der Waals surface area contributed by atoms with Gasteiger partial charge in [-0.3, -0.25) is 0 Å². The molecule has 10 rings (SSSR count). The molecule has 2 heteroatoms. The Balaban J connectivity index is 1.31. The summed E-state index contributed by atoms with van der Waals surface area (Å²) in [6.07, 6.45) is 0. The van der Waals surface area contributed by atoms with Crippen LogP contribution in [-0.4, -0.2) is 0 Å². The zero-order valence-corrected chi connectivity index (χ0v) is 27.8. The monoisotopic (exact) mass is 671 g/mol. The predicted molar refractivity (Wildman–Crippen MR) is 220 cm³/mol. The molecule has 0 aliphatic heterocycles. The smallest absolute Gasteiger partial charge is 0.143 e. The number of rotatable bonds is 6. The lowest BCUT2D eigenvalue weighted by Crippen LogP contribution is -2.10. The molecule has 0 aliphatic carbocycles. The molecule has 0 amide bonds. The van der Waals surface area contributed by atoms with Gasteiger partial charge in [-0.25, -0.2) is 0 Å². The third kappa shape index (κ3) is 5.12. The standard InChI is InChI=1S/C50H33NO/c1-3-12-34(13-4-1)36-24-28-41(29-25-36)51(42-30-26-37(27-31-42)40-23-22-35-14-7-8-17-39(35)32-40)47-33-46-49-43(38-15-5-2-6-16-38)20-11-21-48(49)52-50(46)45-19-10-9-18-44(45)47/h1-33H/i9D,10D,11D,18D,19D,20D,21D,33D. The van der Waals surface area contributed by atoms with E-state index in [1.165, 1.54) is 0 Å². The Morgan fingerprint density at radius 2 is 1.02 bits per heavy atom. The molecule has 0 saturated heterocycles. The summed E-state index contributed by atoms with van der Waals surface area (Å²) in [6.45, 7) is 0. The van der Waals surface area contributed by atoms with E-state index < -0.39 is 12.1 Å². The lowest BCUT2D eigenvalue weighted by Gasteiger charge is -2.27. The van der Waals surface area contributed by atoms with Gasteiger partial charge >= 0.3 is 0 Å². The number of furan rings is 1. The quantitative estimate of drug-likeness (QED) is 0.175. The number of anilines is 3. The van der Waals surface area contributed by atoms with Crippen LogP contribution in [0.5, 0.6) is 0 Å². The second-order valence-corrected chi connectivity index (χ2v) is 12.7. The summed E-state index contributed by atoms with van der Waals surface area (Å²) in [7, 11) is 0. The second-order valence-electron chi connectivity index (χ2n) is 12.7. The molecule has 1 heterocycles. The van der Waals surface area contributed by atoms with E-state index in [1.807, 2.05) is 114 Å². The molecule has 0 aliphatic rings. The Kier molecular flexibility index (Phi) is 5.45. The molecule has 0 unspecified atom stereocenters. The van der Waals surface area contributed by atoms with E-state index in [0.29, 0.717) is 22.5 Å². The number of hydrogen-bond donors (Lipinski definition) is 0. The first kappa shape index (κ1) is 22.7. The Morgan fingerprint density at radius 3 is 1.73 bits per heavy atom. The molecule has 244 valence electrons. The molecule has 10 aromatic rings. The van der Waals surface area contributed by atoms with Gasteiger partial charge in [0, 0.05) is 32.9 Å². The van der Waals surface area contributed by atoms with Crippen LogP contribution in [0.4, 0.5) is 17.1 Å². The average molecular weight is 672 g/mol. The predicted octanol–water partition coefficient (Wildman–Crippen LogP) is 14.4. The van der Waals surface area contributed by atoms with E-state index in [4.69, 9.17) is 11.3 Å². The van der Waals surface area contributed by atoms with Crippen LogP contribution in [0.25, 0.3) is 76.9 Å². The minimum Gasteiger partial charge on any atom is -0.455 e. The van der Waals surface area contributed by atoms with Gasteiger partial charge in [0.05, 0.1) is 16.7 Å². The van der Waals surface area contributed by atoms with Crippen molar-refractivity contribution < 1.29 is 15.4 Å². The van der Waals surface area contributed by atoms with Gasteiger partial charge in [-0.2, -0.15) is 0 Å². The van der Waals surface area contributed by atoms with Crippen molar-refractivity contribution >= 4 is 60.5 Å². The molecule has 52 heavy (non-hydrogen) atoms. The second kappa shape index (κ2) is 12.5. The summed E-state index contributed by atoms with van der Waals surface area (Å²) in [6, 6.07) is 46.5. The maximum atomic E-state index is 10.2. The van der Waals surface area contributed by atoms with Crippen LogP contribution < -0.4 is 4.90 Å². The van der Waals surface area contributed by atoms with Crippen LogP contribution in [0.1, 0.15) is 11.0 Å². The Labute approximate surface area is 313 Å². The first-order valence-corrected chi connectivity index (χ1v) is 17.1. The SMILES string of the molecule is [2H]c1c([2H])c(-c2ccccc2)c2c(oc3c4c([2H])c([2H])c([2H])c([2H])c4c(N(c4ccc(-c5ccccc5)cc4)c4ccc(-c5ccc6ccccc6c5)cc4)c([2H])c32)c1[2H]. The van der Waals surface area contributed by atoms with Gasteiger partial charge in [0.15, 0.2) is 0 Å². The highest BCUT2D eigenvalue weighted by Gasteiger charge is 2.22. The molecule has 0 N–H and O–H groups in total. The lowest BCUT2D eigenvalue weighted by atomic mass is 9.96. The molecular weight excluding hydrogens is 631 g/mol. The van der Waals surface area contributed by atoms with Crippen molar-refractivity contribution in [2.24, 2.45) is 0 Å². The van der Waals surface area contributed by atoms with E-state index in [0.717, 1.165) is 33.0 Å². The molecule has 0 radical (unpaired) electrons. The third-order valence-corrected chi connectivity index (χ3v) is 9.64. The molecule has 1 aromatic heterocycles. The fraction of sp³-hybridized carbons (Fsp3) is 0. The maximum absolute atomic E-state index is 10.2. The van der Waals surface area contributed by atoms with Crippen molar-refractivity contribution in [1.29, 1.82) is 0 Å². The largest absolute Gasteiger partial charge is 0.455 e. The zero-order chi connectivity index (χ0) is 41.4. The molecule has 0 spiro atoms. The van der Waals surface area contributed by atoms with E-state index in [9.17, 15) is 4.11 Å². The number of benzene rings is 9. The number of nitrogens with zero attached hydrogens (tertiary/aromatic N) is 1. The normalized spacial score (nSPS) is 13.6. The summed E-state index contributed by atoms with van der Waals surface area (Å²) in [5.74, 6) is 0. The van der Waals surface area contributed by atoms with E-state index in [2.05, 4.69) is 30.3 Å². The van der Waals surface area contributed by atoms with Crippen LogP contribution >= 0.6 is 0 Å². The molecule has 2 nitrogen and oxygen atoms in total. The maximum Gasteiger partial charge on any atom is 0.143 e. The average Bonchev–Trinajstić information content (AvgIpc) is 3.69. The van der Waals surface area contributed by atoms with Gasteiger partial charge in [0.1, 0.15) is 11.2 Å². The first-order chi connectivity index (χ1) is 29.1. The van der Waals surface area contributed by atoms with Gasteiger partial charge in [-0.1, -0.05) is 158 Å². The fourth-order valence-electron chi connectivity index (χ4n) is 7.11. The van der Waals surface area contributed by atoms with E-state index in [1.54, 1.807) is 12.1 Å². The highest BCUT2D eigenvalue weighted by Crippen LogP contribution is 2.46. The Hall–Kier alpha value is -6.90. The molecule has 0 bridgehead atoms. The van der Waals surface area contributed by atoms with Gasteiger partial charge < -0.3 is 9.32 Å². The summed E-state index contributed by atoms with van der Waals surface area (Å²) in [5.41, 5.74) is 6.21. The third-order valence-electron chi connectivity index (χ3n) is 9.64. The molecular formula is C50H33NO. The van der Waals surface area contributed by atoms with Crippen molar-refractivity contribution in [1.82, 2.24) is 0 Å². The summed E-state index contributed by atoms with van der Waals surface area (Å²) >= 11 is 0. The van der Waals surface area contributed by atoms with Crippen LogP contribution in [0, 0.1) is 0 Å². The van der Waals surface area contributed by atoms with Crippen molar-refractivity contribution in [3.8, 4) is 33.4 Å². The minimum absolute atomic E-state index is 0.0116. The lowest BCUT2D eigenvalue weighted by molar-refractivity contribution is 0.673. The highest BCUT2D eigenvalue weighted by molar-refractivity contribution is 6.22. The Bertz CT molecular complexity index is 3330. The van der Waals surface area contributed by atoms with Gasteiger partial charge in [-0.05, 0) is 86.6 Å². The highest BCUT2D eigenvalue weighted by atomic mass is 16.3. The fourth-order valence-corrected chi connectivity index (χ4v) is 7.11. The molecule has 9 aromatic carbocycles. The van der Waals surface area contributed by atoms with Crippen molar-refractivity contribution in [2.75, 3.05) is 4.90 Å². The minimum atomic E-state index is -0.479. The zero-order valence-electron chi connectivity index (χ0n) is 35.8. The summed E-state index contributed by atoms with van der Waals surface area (Å²) in [4.78, 5) is 1.84. The summed E-state index contributed by atoms with van der Waals surface area (Å²) < 4.78 is 79.9. The first-order valence-electron chi connectivity index (χ1n) is 21.1. The van der Waals surface area contributed by atoms with Crippen LogP contribution in [0.2, 0.25) is 0 Å². The molecule has 0 fully saturated rings. The van der Waals surface area contributed by atoms with Crippen molar-refractivity contribution in [3.05, 3.63) is 200 Å². The van der Waals surface area contributed by atoms with Gasteiger partial charge in [0.2, 0.25) is 0 Å². The molecule has 0 atom stereocenters. The Morgan fingerprint density at radius 1 is 0.442 bits per heavy atom. The van der Waals surface area contributed by atoms with Gasteiger partial charge in [0.25, 0.3) is 0 Å².